The van der Waals surface area contributed by atoms with Crippen LogP contribution >= 0.6 is 0 Å². The van der Waals surface area contributed by atoms with Crippen LogP contribution < -0.4 is 4.74 Å². The predicted molar refractivity (Wildman–Crippen MR) is 73.6 cm³/mol. The molecule has 2 rings (SSSR count). The van der Waals surface area contributed by atoms with Gasteiger partial charge in [0, 0.05) is 36.5 Å². The van der Waals surface area contributed by atoms with E-state index in [0.29, 0.717) is 6.42 Å². The maximum Gasteiger partial charge on any atom is 0.128 e. The molecule has 0 bridgehead atoms. The number of hydrogen-bond acceptors (Lipinski definition) is 4. The Morgan fingerprint density at radius 3 is 2.53 bits per heavy atom. The molecule has 1 N–H and O–H groups in total. The Kier molecular flexibility index (Phi) is 4.11. The van der Waals surface area contributed by atoms with Crippen LogP contribution in [0.2, 0.25) is 0 Å². The molecule has 0 spiro atoms. The van der Waals surface area contributed by atoms with Crippen molar-refractivity contribution in [1.82, 2.24) is 4.98 Å². The lowest BCUT2D eigenvalue weighted by atomic mass is 9.74. The zero-order valence-electron chi connectivity index (χ0n) is 12.2. The Balaban J connectivity index is 2.19. The molecule has 0 radical (unpaired) electrons. The molecule has 106 valence electrons. The summed E-state index contributed by atoms with van der Waals surface area (Å²) in [5.41, 5.74) is 2.54. The predicted octanol–water partition coefficient (Wildman–Crippen LogP) is 2.18. The topological polar surface area (TPSA) is 51.6 Å². The van der Waals surface area contributed by atoms with Gasteiger partial charge in [-0.25, -0.2) is 0 Å². The highest BCUT2D eigenvalue weighted by Crippen LogP contribution is 2.39. The fourth-order valence-electron chi connectivity index (χ4n) is 2.84. The molecular formula is C15H23NO3. The first-order valence-corrected chi connectivity index (χ1v) is 6.76. The molecule has 1 aromatic heterocycles. The van der Waals surface area contributed by atoms with Gasteiger partial charge in [0.1, 0.15) is 5.75 Å². The third-order valence-corrected chi connectivity index (χ3v) is 4.35. The lowest BCUT2D eigenvalue weighted by Crippen LogP contribution is -2.51. The second-order valence-corrected chi connectivity index (χ2v) is 5.39. The van der Waals surface area contributed by atoms with Crippen molar-refractivity contribution in [2.45, 2.75) is 51.2 Å². The molecule has 1 heterocycles. The summed E-state index contributed by atoms with van der Waals surface area (Å²) in [6.45, 7) is 3.96. The van der Waals surface area contributed by atoms with Crippen LogP contribution in [0.25, 0.3) is 0 Å². The summed E-state index contributed by atoms with van der Waals surface area (Å²) in [4.78, 5) is 4.44. The SMILES string of the molecule is COc1c(C)cnc(CC(O)C2(OC)CCC2)c1C. The number of hydrogen-bond donors (Lipinski definition) is 1. The second-order valence-electron chi connectivity index (χ2n) is 5.39. The first-order valence-electron chi connectivity index (χ1n) is 6.76. The average Bonchev–Trinajstić information content (AvgIpc) is 2.33. The highest BCUT2D eigenvalue weighted by Gasteiger charge is 2.44. The van der Waals surface area contributed by atoms with Crippen LogP contribution in [-0.2, 0) is 11.2 Å². The smallest absolute Gasteiger partial charge is 0.128 e. The molecular weight excluding hydrogens is 242 g/mol. The van der Waals surface area contributed by atoms with Crippen LogP contribution in [0.15, 0.2) is 6.20 Å². The van der Waals surface area contributed by atoms with E-state index in [1.54, 1.807) is 20.4 Å². The van der Waals surface area contributed by atoms with Gasteiger partial charge in [-0.2, -0.15) is 0 Å². The standard InChI is InChI=1S/C15H23NO3/c1-10-9-16-12(11(2)14(10)18-3)8-13(17)15(19-4)6-5-7-15/h9,13,17H,5-8H2,1-4H3. The van der Waals surface area contributed by atoms with E-state index in [9.17, 15) is 5.11 Å². The van der Waals surface area contributed by atoms with E-state index in [1.807, 2.05) is 13.8 Å². The Hall–Kier alpha value is -1.13. The van der Waals surface area contributed by atoms with Crippen LogP contribution in [0.4, 0.5) is 0 Å². The number of aryl methyl sites for hydroxylation is 1. The third-order valence-electron chi connectivity index (χ3n) is 4.35. The summed E-state index contributed by atoms with van der Waals surface area (Å²) >= 11 is 0. The Bertz CT molecular complexity index is 449. The average molecular weight is 265 g/mol. The first kappa shape index (κ1) is 14.3. The summed E-state index contributed by atoms with van der Waals surface area (Å²) in [7, 11) is 3.34. The van der Waals surface area contributed by atoms with Crippen molar-refractivity contribution in [2.75, 3.05) is 14.2 Å². The number of rotatable bonds is 5. The molecule has 1 aromatic rings. The van der Waals surface area contributed by atoms with E-state index in [1.165, 1.54) is 0 Å². The van der Waals surface area contributed by atoms with E-state index in [2.05, 4.69) is 4.98 Å². The van der Waals surface area contributed by atoms with Crippen molar-refractivity contribution in [3.05, 3.63) is 23.0 Å². The molecule has 0 aliphatic heterocycles. The highest BCUT2D eigenvalue weighted by molar-refractivity contribution is 5.41. The number of methoxy groups -OCH3 is 2. The first-order chi connectivity index (χ1) is 9.04. The molecule has 0 amide bonds. The molecule has 4 nitrogen and oxygen atoms in total. The van der Waals surface area contributed by atoms with Crippen LogP contribution in [0, 0.1) is 13.8 Å². The summed E-state index contributed by atoms with van der Waals surface area (Å²) in [6.07, 6.45) is 4.77. The van der Waals surface area contributed by atoms with Crippen molar-refractivity contribution < 1.29 is 14.6 Å². The number of aliphatic hydroxyl groups excluding tert-OH is 1. The maximum atomic E-state index is 10.4. The minimum Gasteiger partial charge on any atom is -0.496 e. The number of aromatic nitrogens is 1. The number of aliphatic hydroxyl groups is 1. The molecule has 1 atom stereocenters. The molecule has 1 aliphatic rings. The van der Waals surface area contributed by atoms with Crippen LogP contribution in [0.3, 0.4) is 0 Å². The molecule has 4 heteroatoms. The largest absolute Gasteiger partial charge is 0.496 e. The van der Waals surface area contributed by atoms with Gasteiger partial charge in [0.2, 0.25) is 0 Å². The van der Waals surface area contributed by atoms with E-state index >= 15 is 0 Å². The van der Waals surface area contributed by atoms with Crippen molar-refractivity contribution in [3.63, 3.8) is 0 Å². The van der Waals surface area contributed by atoms with Crippen LogP contribution in [0.5, 0.6) is 5.75 Å². The minimum atomic E-state index is -0.509. The van der Waals surface area contributed by atoms with E-state index in [0.717, 1.165) is 41.8 Å². The molecule has 1 aliphatic carbocycles. The van der Waals surface area contributed by atoms with Crippen molar-refractivity contribution in [3.8, 4) is 5.75 Å². The zero-order chi connectivity index (χ0) is 14.0. The Morgan fingerprint density at radius 2 is 2.05 bits per heavy atom. The van der Waals surface area contributed by atoms with Gasteiger partial charge in [-0.1, -0.05) is 0 Å². The fraction of sp³-hybridized carbons (Fsp3) is 0.667. The number of nitrogens with zero attached hydrogens (tertiary/aromatic N) is 1. The van der Waals surface area contributed by atoms with Gasteiger partial charge in [0.15, 0.2) is 0 Å². The molecule has 19 heavy (non-hydrogen) atoms. The van der Waals surface area contributed by atoms with E-state index in [4.69, 9.17) is 9.47 Å². The second kappa shape index (κ2) is 5.47. The number of pyridine rings is 1. The summed E-state index contributed by atoms with van der Waals surface area (Å²) in [5, 5.41) is 10.4. The maximum absolute atomic E-state index is 10.4. The summed E-state index contributed by atoms with van der Waals surface area (Å²) in [6, 6.07) is 0. The van der Waals surface area contributed by atoms with Gasteiger partial charge >= 0.3 is 0 Å². The Labute approximate surface area is 114 Å². The van der Waals surface area contributed by atoms with E-state index in [-0.39, 0.29) is 5.60 Å². The van der Waals surface area contributed by atoms with Crippen LogP contribution in [0.1, 0.15) is 36.1 Å². The normalized spacial score (nSPS) is 18.8. The van der Waals surface area contributed by atoms with E-state index < -0.39 is 6.10 Å². The van der Waals surface area contributed by atoms with Gasteiger partial charge in [-0.05, 0) is 33.1 Å². The minimum absolute atomic E-state index is 0.369. The van der Waals surface area contributed by atoms with Gasteiger partial charge in [0.25, 0.3) is 0 Å². The van der Waals surface area contributed by atoms with Crippen LogP contribution in [-0.4, -0.2) is 36.0 Å². The van der Waals surface area contributed by atoms with Gasteiger partial charge in [-0.15, -0.1) is 0 Å². The van der Waals surface area contributed by atoms with Gasteiger partial charge in [-0.3, -0.25) is 4.98 Å². The molecule has 1 saturated carbocycles. The highest BCUT2D eigenvalue weighted by atomic mass is 16.5. The Morgan fingerprint density at radius 1 is 1.37 bits per heavy atom. The monoisotopic (exact) mass is 265 g/mol. The zero-order valence-corrected chi connectivity index (χ0v) is 12.2. The van der Waals surface area contributed by atoms with Crippen molar-refractivity contribution >= 4 is 0 Å². The molecule has 1 fully saturated rings. The summed E-state index contributed by atoms with van der Waals surface area (Å²) in [5.74, 6) is 0.859. The lowest BCUT2D eigenvalue weighted by Gasteiger charge is -2.44. The van der Waals surface area contributed by atoms with Gasteiger partial charge in [0.05, 0.1) is 18.8 Å². The summed E-state index contributed by atoms with van der Waals surface area (Å²) < 4.78 is 10.9. The van der Waals surface area contributed by atoms with Crippen molar-refractivity contribution in [2.24, 2.45) is 0 Å². The molecule has 0 aromatic carbocycles. The third kappa shape index (κ3) is 2.47. The van der Waals surface area contributed by atoms with Crippen molar-refractivity contribution in [1.29, 1.82) is 0 Å². The fourth-order valence-corrected chi connectivity index (χ4v) is 2.84. The quantitative estimate of drug-likeness (QED) is 0.886. The van der Waals surface area contributed by atoms with Gasteiger partial charge < -0.3 is 14.6 Å². The molecule has 0 saturated heterocycles. The molecule has 1 unspecified atom stereocenters. The number of ether oxygens (including phenoxy) is 2. The lowest BCUT2D eigenvalue weighted by molar-refractivity contribution is -0.148.